The molecule has 2 heteroatoms. The van der Waals surface area contributed by atoms with Crippen LogP contribution in [0, 0.1) is 5.92 Å². The van der Waals surface area contributed by atoms with Gasteiger partial charge in [-0.2, -0.15) is 0 Å². The second-order valence-electron chi connectivity index (χ2n) is 5.99. The molecule has 0 spiro atoms. The molecule has 0 aliphatic heterocycles. The minimum atomic E-state index is -0.0504. The zero-order valence-corrected chi connectivity index (χ0v) is 12.0. The Bertz CT molecular complexity index is 383. The molecular weight excluding hydrogens is 224 g/mol. The SMILES string of the molecule is CCC(C)CCCC(C)(C)c1ccc(O)cc1O. The van der Waals surface area contributed by atoms with Crippen molar-refractivity contribution in [2.24, 2.45) is 5.92 Å². The Morgan fingerprint density at radius 1 is 1.22 bits per heavy atom. The van der Waals surface area contributed by atoms with E-state index in [0.717, 1.165) is 17.9 Å². The van der Waals surface area contributed by atoms with Gasteiger partial charge in [0.05, 0.1) is 0 Å². The number of rotatable bonds is 6. The molecule has 0 bridgehead atoms. The highest BCUT2D eigenvalue weighted by molar-refractivity contribution is 5.42. The first kappa shape index (κ1) is 14.9. The Morgan fingerprint density at radius 2 is 1.89 bits per heavy atom. The van der Waals surface area contributed by atoms with E-state index in [1.165, 1.54) is 25.3 Å². The van der Waals surface area contributed by atoms with Gasteiger partial charge in [-0.25, -0.2) is 0 Å². The maximum atomic E-state index is 9.92. The summed E-state index contributed by atoms with van der Waals surface area (Å²) in [6, 6.07) is 4.89. The van der Waals surface area contributed by atoms with Crippen molar-refractivity contribution < 1.29 is 10.2 Å². The molecule has 0 aliphatic carbocycles. The molecular formula is C16H26O2. The first-order valence-electron chi connectivity index (χ1n) is 6.89. The third-order valence-electron chi connectivity index (χ3n) is 3.91. The molecule has 18 heavy (non-hydrogen) atoms. The molecule has 0 amide bonds. The lowest BCUT2D eigenvalue weighted by Gasteiger charge is -2.26. The molecule has 1 atom stereocenters. The first-order valence-corrected chi connectivity index (χ1v) is 6.89. The summed E-state index contributed by atoms with van der Waals surface area (Å²) in [6.45, 7) is 8.80. The molecule has 0 aliphatic rings. The lowest BCUT2D eigenvalue weighted by Crippen LogP contribution is -2.17. The van der Waals surface area contributed by atoms with E-state index in [4.69, 9.17) is 0 Å². The average molecular weight is 250 g/mol. The fourth-order valence-corrected chi connectivity index (χ4v) is 2.32. The van der Waals surface area contributed by atoms with E-state index in [1.807, 2.05) is 6.07 Å². The highest BCUT2D eigenvalue weighted by Crippen LogP contribution is 2.37. The number of phenolic OH excluding ortho intramolecular Hbond substituents is 2. The van der Waals surface area contributed by atoms with Crippen LogP contribution >= 0.6 is 0 Å². The summed E-state index contributed by atoms with van der Waals surface area (Å²) in [5, 5.41) is 19.2. The van der Waals surface area contributed by atoms with Crippen LogP contribution in [0.3, 0.4) is 0 Å². The van der Waals surface area contributed by atoms with Crippen molar-refractivity contribution in [3.8, 4) is 11.5 Å². The largest absolute Gasteiger partial charge is 0.508 e. The van der Waals surface area contributed by atoms with Crippen LogP contribution in [-0.2, 0) is 5.41 Å². The molecule has 0 saturated carbocycles. The first-order chi connectivity index (χ1) is 8.36. The van der Waals surface area contributed by atoms with Gasteiger partial charge < -0.3 is 10.2 Å². The van der Waals surface area contributed by atoms with E-state index >= 15 is 0 Å². The van der Waals surface area contributed by atoms with Crippen molar-refractivity contribution in [2.75, 3.05) is 0 Å². The van der Waals surface area contributed by atoms with Crippen LogP contribution in [0.4, 0.5) is 0 Å². The predicted octanol–water partition coefficient (Wildman–Crippen LogP) is 4.59. The van der Waals surface area contributed by atoms with E-state index in [9.17, 15) is 10.2 Å². The van der Waals surface area contributed by atoms with Gasteiger partial charge in [0.25, 0.3) is 0 Å². The Labute approximate surface area is 111 Å². The summed E-state index contributed by atoms with van der Waals surface area (Å²) in [6.07, 6.45) is 4.68. The second-order valence-corrected chi connectivity index (χ2v) is 5.99. The Hall–Kier alpha value is -1.18. The fourth-order valence-electron chi connectivity index (χ4n) is 2.32. The van der Waals surface area contributed by atoms with Gasteiger partial charge in [-0.15, -0.1) is 0 Å². The zero-order chi connectivity index (χ0) is 13.8. The van der Waals surface area contributed by atoms with E-state index < -0.39 is 0 Å². The van der Waals surface area contributed by atoms with Gasteiger partial charge in [-0.1, -0.05) is 53.0 Å². The average Bonchev–Trinajstić information content (AvgIpc) is 2.27. The summed E-state index contributed by atoms with van der Waals surface area (Å²) < 4.78 is 0. The number of benzene rings is 1. The van der Waals surface area contributed by atoms with Gasteiger partial charge in [0.1, 0.15) is 11.5 Å². The third-order valence-corrected chi connectivity index (χ3v) is 3.91. The van der Waals surface area contributed by atoms with Crippen molar-refractivity contribution in [3.63, 3.8) is 0 Å². The van der Waals surface area contributed by atoms with Crippen LogP contribution in [-0.4, -0.2) is 10.2 Å². The van der Waals surface area contributed by atoms with E-state index in [1.54, 1.807) is 6.07 Å². The van der Waals surface area contributed by atoms with Crippen LogP contribution < -0.4 is 0 Å². The predicted molar refractivity (Wildman–Crippen MR) is 76.1 cm³/mol. The van der Waals surface area contributed by atoms with E-state index in [2.05, 4.69) is 27.7 Å². The van der Waals surface area contributed by atoms with Gasteiger partial charge in [0.15, 0.2) is 0 Å². The van der Waals surface area contributed by atoms with Crippen molar-refractivity contribution in [1.82, 2.24) is 0 Å². The number of hydrogen-bond acceptors (Lipinski definition) is 2. The Kier molecular flexibility index (Phi) is 5.06. The molecule has 0 heterocycles. The van der Waals surface area contributed by atoms with Gasteiger partial charge in [-0.05, 0) is 29.4 Å². The molecule has 0 radical (unpaired) electrons. The van der Waals surface area contributed by atoms with Crippen molar-refractivity contribution in [2.45, 2.75) is 58.8 Å². The Balaban J connectivity index is 2.67. The number of aromatic hydroxyl groups is 2. The van der Waals surface area contributed by atoms with Crippen LogP contribution in [0.25, 0.3) is 0 Å². The maximum absolute atomic E-state index is 9.92. The van der Waals surface area contributed by atoms with Crippen molar-refractivity contribution in [3.05, 3.63) is 23.8 Å². The van der Waals surface area contributed by atoms with Crippen LogP contribution in [0.2, 0.25) is 0 Å². The van der Waals surface area contributed by atoms with Crippen molar-refractivity contribution in [1.29, 1.82) is 0 Å². The number of phenols is 2. The van der Waals surface area contributed by atoms with Gasteiger partial charge >= 0.3 is 0 Å². The molecule has 0 saturated heterocycles. The van der Waals surface area contributed by atoms with Crippen LogP contribution in [0.5, 0.6) is 11.5 Å². The minimum Gasteiger partial charge on any atom is -0.508 e. The van der Waals surface area contributed by atoms with Crippen LogP contribution in [0.15, 0.2) is 18.2 Å². The summed E-state index contributed by atoms with van der Waals surface area (Å²) in [5.41, 5.74) is 0.870. The normalized spacial score (nSPS) is 13.6. The molecule has 0 fully saturated rings. The monoisotopic (exact) mass is 250 g/mol. The molecule has 1 aromatic carbocycles. The standard InChI is InChI=1S/C16H26O2/c1-5-12(2)7-6-10-16(3,4)14-9-8-13(17)11-15(14)18/h8-9,11-12,17-18H,5-7,10H2,1-4H3. The van der Waals surface area contributed by atoms with E-state index in [0.29, 0.717) is 0 Å². The fraction of sp³-hybridized carbons (Fsp3) is 0.625. The van der Waals surface area contributed by atoms with Gasteiger partial charge in [0, 0.05) is 6.07 Å². The molecule has 102 valence electrons. The smallest absolute Gasteiger partial charge is 0.122 e. The van der Waals surface area contributed by atoms with Crippen LogP contribution in [0.1, 0.15) is 58.9 Å². The summed E-state index contributed by atoms with van der Waals surface area (Å²) >= 11 is 0. The molecule has 2 N–H and O–H groups in total. The number of hydrogen-bond donors (Lipinski definition) is 2. The summed E-state index contributed by atoms with van der Waals surface area (Å²) in [7, 11) is 0. The Morgan fingerprint density at radius 3 is 2.44 bits per heavy atom. The highest BCUT2D eigenvalue weighted by Gasteiger charge is 2.23. The lowest BCUT2D eigenvalue weighted by molar-refractivity contribution is 0.384. The third kappa shape index (κ3) is 3.94. The summed E-state index contributed by atoms with van der Waals surface area (Å²) in [4.78, 5) is 0. The van der Waals surface area contributed by atoms with E-state index in [-0.39, 0.29) is 16.9 Å². The van der Waals surface area contributed by atoms with Gasteiger partial charge in [-0.3, -0.25) is 0 Å². The van der Waals surface area contributed by atoms with Crippen molar-refractivity contribution >= 4 is 0 Å². The molecule has 0 aromatic heterocycles. The van der Waals surface area contributed by atoms with Gasteiger partial charge in [0.2, 0.25) is 0 Å². The molecule has 1 rings (SSSR count). The highest BCUT2D eigenvalue weighted by atomic mass is 16.3. The minimum absolute atomic E-state index is 0.0504. The maximum Gasteiger partial charge on any atom is 0.122 e. The zero-order valence-electron chi connectivity index (χ0n) is 12.0. The second kappa shape index (κ2) is 6.12. The topological polar surface area (TPSA) is 40.5 Å². The molecule has 2 nitrogen and oxygen atoms in total. The molecule has 1 unspecified atom stereocenters. The quantitative estimate of drug-likeness (QED) is 0.775. The summed E-state index contributed by atoms with van der Waals surface area (Å²) in [5.74, 6) is 1.09. The molecule has 1 aromatic rings. The lowest BCUT2D eigenvalue weighted by atomic mass is 9.79.